The molecule has 2 amide bonds. The highest BCUT2D eigenvalue weighted by Crippen LogP contribution is 2.16. The Kier molecular flexibility index (Phi) is 7.98. The lowest BCUT2D eigenvalue weighted by Crippen LogP contribution is -2.46. The number of hydrogen-bond donors (Lipinski definition) is 3. The van der Waals surface area contributed by atoms with Gasteiger partial charge in [0.05, 0.1) is 12.6 Å². The Labute approximate surface area is 136 Å². The summed E-state index contributed by atoms with van der Waals surface area (Å²) in [4.78, 5) is 23.6. The van der Waals surface area contributed by atoms with E-state index < -0.39 is 6.04 Å². The molecule has 0 aliphatic heterocycles. The molecule has 0 spiro atoms. The average molecular weight is 323 g/mol. The molecule has 0 aliphatic carbocycles. The quantitative estimate of drug-likeness (QED) is 0.683. The Bertz CT molecular complexity index is 506. The number of thioether (sulfide) groups is 1. The Morgan fingerprint density at radius 1 is 1.32 bits per heavy atom. The fourth-order valence-corrected chi connectivity index (χ4v) is 2.37. The van der Waals surface area contributed by atoms with E-state index >= 15 is 0 Å². The van der Waals surface area contributed by atoms with E-state index in [1.54, 1.807) is 0 Å². The summed E-state index contributed by atoms with van der Waals surface area (Å²) in [6.45, 7) is 5.77. The molecule has 1 aromatic carbocycles. The Morgan fingerprint density at radius 2 is 2.05 bits per heavy atom. The second-order valence-electron chi connectivity index (χ2n) is 5.37. The number of nitrogens with two attached hydrogens (primary N) is 1. The maximum Gasteiger partial charge on any atom is 0.243 e. The third kappa shape index (κ3) is 6.49. The maximum absolute atomic E-state index is 11.9. The van der Waals surface area contributed by atoms with Gasteiger partial charge in [-0.05, 0) is 29.4 Å². The minimum absolute atomic E-state index is 0.0378. The lowest BCUT2D eigenvalue weighted by Gasteiger charge is -2.15. The third-order valence-electron chi connectivity index (χ3n) is 3.13. The molecule has 0 aliphatic rings. The minimum Gasteiger partial charge on any atom is -0.346 e. The van der Waals surface area contributed by atoms with Gasteiger partial charge in [0.1, 0.15) is 0 Å². The van der Waals surface area contributed by atoms with Gasteiger partial charge in [-0.2, -0.15) is 11.8 Å². The van der Waals surface area contributed by atoms with Crippen molar-refractivity contribution in [3.63, 3.8) is 0 Å². The first-order chi connectivity index (χ1) is 10.4. The molecule has 6 heteroatoms. The summed E-state index contributed by atoms with van der Waals surface area (Å²) in [6, 6.07) is 7.13. The number of carbonyl (C=O) groups is 2. The van der Waals surface area contributed by atoms with E-state index in [1.807, 2.05) is 49.9 Å². The number of hydrogen-bond acceptors (Lipinski definition) is 4. The van der Waals surface area contributed by atoms with Gasteiger partial charge in [-0.15, -0.1) is 0 Å². The number of rotatable bonds is 8. The van der Waals surface area contributed by atoms with Gasteiger partial charge in [-0.1, -0.05) is 32.9 Å². The summed E-state index contributed by atoms with van der Waals surface area (Å²) in [5.74, 6) is 1.44. The van der Waals surface area contributed by atoms with Crippen LogP contribution in [0.3, 0.4) is 0 Å². The molecule has 5 nitrogen and oxygen atoms in total. The van der Waals surface area contributed by atoms with E-state index in [0.717, 1.165) is 22.8 Å². The number of anilines is 1. The van der Waals surface area contributed by atoms with Crippen LogP contribution in [0, 0.1) is 5.92 Å². The van der Waals surface area contributed by atoms with E-state index in [2.05, 4.69) is 17.6 Å². The smallest absolute Gasteiger partial charge is 0.243 e. The molecule has 0 unspecified atom stereocenters. The van der Waals surface area contributed by atoms with Gasteiger partial charge < -0.3 is 16.4 Å². The molecule has 0 saturated heterocycles. The minimum atomic E-state index is -0.595. The highest BCUT2D eigenvalue weighted by molar-refractivity contribution is 7.98. The van der Waals surface area contributed by atoms with Crippen molar-refractivity contribution in [2.45, 2.75) is 32.6 Å². The van der Waals surface area contributed by atoms with Crippen molar-refractivity contribution in [3.05, 3.63) is 29.8 Å². The molecule has 1 atom stereocenters. The zero-order valence-corrected chi connectivity index (χ0v) is 14.2. The van der Waals surface area contributed by atoms with Crippen molar-refractivity contribution in [2.75, 3.05) is 17.6 Å². The van der Waals surface area contributed by atoms with Crippen molar-refractivity contribution in [3.8, 4) is 0 Å². The Balaban J connectivity index is 2.46. The first-order valence-corrected chi connectivity index (χ1v) is 8.59. The van der Waals surface area contributed by atoms with Crippen molar-refractivity contribution < 1.29 is 9.59 Å². The number of nitrogens with one attached hydrogen (secondary N) is 2. The molecule has 1 rings (SSSR count). The van der Waals surface area contributed by atoms with E-state index in [-0.39, 0.29) is 24.3 Å². The normalized spacial score (nSPS) is 12.0. The summed E-state index contributed by atoms with van der Waals surface area (Å²) < 4.78 is 0. The highest BCUT2D eigenvalue weighted by Gasteiger charge is 2.17. The van der Waals surface area contributed by atoms with Crippen LogP contribution in [0.2, 0.25) is 0 Å². The number of benzene rings is 1. The predicted octanol–water partition coefficient (Wildman–Crippen LogP) is 1.98. The van der Waals surface area contributed by atoms with Crippen molar-refractivity contribution in [2.24, 2.45) is 11.7 Å². The first kappa shape index (κ1) is 18.5. The Morgan fingerprint density at radius 3 is 2.68 bits per heavy atom. The average Bonchev–Trinajstić information content (AvgIpc) is 2.50. The zero-order chi connectivity index (χ0) is 16.5. The lowest BCUT2D eigenvalue weighted by molar-refractivity contribution is -0.125. The van der Waals surface area contributed by atoms with Gasteiger partial charge in [0.15, 0.2) is 0 Å². The fourth-order valence-electron chi connectivity index (χ4n) is 1.75. The second-order valence-corrected chi connectivity index (χ2v) is 6.65. The number of amides is 2. The van der Waals surface area contributed by atoms with Gasteiger partial charge in [0, 0.05) is 11.4 Å². The topological polar surface area (TPSA) is 84.2 Å². The Hall–Kier alpha value is -1.53. The van der Waals surface area contributed by atoms with E-state index in [4.69, 9.17) is 5.73 Å². The summed E-state index contributed by atoms with van der Waals surface area (Å²) in [5.41, 5.74) is 7.62. The largest absolute Gasteiger partial charge is 0.346 e. The maximum atomic E-state index is 11.9. The van der Waals surface area contributed by atoms with E-state index in [0.29, 0.717) is 0 Å². The van der Waals surface area contributed by atoms with Crippen LogP contribution in [0.1, 0.15) is 26.3 Å². The standard InChI is InChI=1S/C16H25N3O2S/c1-4-22-10-12-6-5-7-13(8-12)19-14(20)9-18-16(21)15(17)11(2)3/h5-8,11,15H,4,9-10,17H2,1-3H3,(H,18,21)(H,19,20)/t15-/m0/s1. The molecule has 0 aromatic heterocycles. The van der Waals surface area contributed by atoms with Gasteiger partial charge in [-0.25, -0.2) is 0 Å². The van der Waals surface area contributed by atoms with Crippen molar-refractivity contribution in [1.82, 2.24) is 5.32 Å². The van der Waals surface area contributed by atoms with Gasteiger partial charge >= 0.3 is 0 Å². The summed E-state index contributed by atoms with van der Waals surface area (Å²) >= 11 is 1.83. The molecule has 4 N–H and O–H groups in total. The molecular formula is C16H25N3O2S. The van der Waals surface area contributed by atoms with Crippen LogP contribution in [-0.2, 0) is 15.3 Å². The molecule has 122 valence electrons. The number of carbonyl (C=O) groups excluding carboxylic acids is 2. The van der Waals surface area contributed by atoms with Gasteiger partial charge in [-0.3, -0.25) is 9.59 Å². The highest BCUT2D eigenvalue weighted by atomic mass is 32.2. The summed E-state index contributed by atoms with van der Waals surface area (Å²) in [5, 5.41) is 5.33. The van der Waals surface area contributed by atoms with E-state index in [9.17, 15) is 9.59 Å². The third-order valence-corrected chi connectivity index (χ3v) is 4.07. The molecule has 1 aromatic rings. The SMILES string of the molecule is CCSCc1cccc(NC(=O)CNC(=O)[C@@H](N)C(C)C)c1. The molecule has 0 radical (unpaired) electrons. The first-order valence-electron chi connectivity index (χ1n) is 7.43. The van der Waals surface area contributed by atoms with Crippen molar-refractivity contribution >= 4 is 29.3 Å². The van der Waals surface area contributed by atoms with Gasteiger partial charge in [0.2, 0.25) is 11.8 Å². The molecule has 0 saturated carbocycles. The zero-order valence-electron chi connectivity index (χ0n) is 13.4. The van der Waals surface area contributed by atoms with Crippen molar-refractivity contribution in [1.29, 1.82) is 0 Å². The summed E-state index contributed by atoms with van der Waals surface area (Å²) in [7, 11) is 0. The fraction of sp³-hybridized carbons (Fsp3) is 0.500. The van der Waals surface area contributed by atoms with Gasteiger partial charge in [0.25, 0.3) is 0 Å². The van der Waals surface area contributed by atoms with Crippen LogP contribution in [0.15, 0.2) is 24.3 Å². The van der Waals surface area contributed by atoms with Crippen LogP contribution in [-0.4, -0.2) is 30.2 Å². The monoisotopic (exact) mass is 323 g/mol. The van der Waals surface area contributed by atoms with Crippen LogP contribution in [0.5, 0.6) is 0 Å². The van der Waals surface area contributed by atoms with Crippen LogP contribution in [0.4, 0.5) is 5.69 Å². The molecule has 0 heterocycles. The van der Waals surface area contributed by atoms with Crippen LogP contribution in [0.25, 0.3) is 0 Å². The van der Waals surface area contributed by atoms with Crippen LogP contribution >= 0.6 is 11.8 Å². The molecular weight excluding hydrogens is 298 g/mol. The van der Waals surface area contributed by atoms with E-state index in [1.165, 1.54) is 0 Å². The predicted molar refractivity (Wildman–Crippen MR) is 92.7 cm³/mol. The molecule has 0 bridgehead atoms. The summed E-state index contributed by atoms with van der Waals surface area (Å²) in [6.07, 6.45) is 0. The van der Waals surface area contributed by atoms with Crippen LogP contribution < -0.4 is 16.4 Å². The second kappa shape index (κ2) is 9.48. The lowest BCUT2D eigenvalue weighted by atomic mass is 10.1. The molecule has 22 heavy (non-hydrogen) atoms. The molecule has 0 fully saturated rings.